The molecule has 1 heterocycles. The Labute approximate surface area is 199 Å². The number of furan rings is 1. The molecule has 0 aliphatic heterocycles. The van der Waals surface area contributed by atoms with Crippen molar-refractivity contribution in [3.8, 4) is 0 Å². The largest absolute Gasteiger partial charge is 0.454 e. The molecule has 4 unspecified atom stereocenters. The molecule has 3 N–H and O–H groups in total. The summed E-state index contributed by atoms with van der Waals surface area (Å²) in [5, 5.41) is 16.8. The van der Waals surface area contributed by atoms with Gasteiger partial charge in [-0.2, -0.15) is 0 Å². The minimum absolute atomic E-state index is 0.261. The van der Waals surface area contributed by atoms with E-state index in [-0.39, 0.29) is 12.2 Å². The molecule has 1 fully saturated rings. The summed E-state index contributed by atoms with van der Waals surface area (Å²) in [7, 11) is 0. The van der Waals surface area contributed by atoms with Gasteiger partial charge in [-0.15, -0.1) is 0 Å². The Hall–Kier alpha value is -3.23. The molecule has 33 heavy (non-hydrogen) atoms. The van der Waals surface area contributed by atoms with Gasteiger partial charge >= 0.3 is 0 Å². The Bertz CT molecular complexity index is 1160. The Morgan fingerprint density at radius 3 is 2.00 bits per heavy atom. The number of hydrogen-bond acceptors (Lipinski definition) is 5. The van der Waals surface area contributed by atoms with E-state index in [0.717, 1.165) is 0 Å². The molecule has 4 atom stereocenters. The molecule has 7 nitrogen and oxygen atoms in total. The fourth-order valence-corrected chi connectivity index (χ4v) is 4.75. The molecule has 1 aliphatic rings. The van der Waals surface area contributed by atoms with E-state index in [4.69, 9.17) is 4.42 Å². The van der Waals surface area contributed by atoms with Gasteiger partial charge in [-0.05, 0) is 59.3 Å². The van der Waals surface area contributed by atoms with Crippen LogP contribution in [0.5, 0.6) is 0 Å². The summed E-state index contributed by atoms with van der Waals surface area (Å²) in [6.45, 7) is 1.44. The lowest BCUT2D eigenvalue weighted by Gasteiger charge is -2.43. The summed E-state index contributed by atoms with van der Waals surface area (Å²) in [5.74, 6) is -4.63. The van der Waals surface area contributed by atoms with Crippen LogP contribution < -0.4 is 10.6 Å². The average Bonchev–Trinajstić information content (AvgIpc) is 3.19. The molecule has 2 amide bonds. The highest BCUT2D eigenvalue weighted by molar-refractivity contribution is 9.10. The molecule has 0 radical (unpaired) electrons. The maximum absolute atomic E-state index is 13.4. The van der Waals surface area contributed by atoms with Crippen LogP contribution in [-0.4, -0.2) is 28.3 Å². The van der Waals surface area contributed by atoms with Crippen LogP contribution in [0.3, 0.4) is 0 Å². The summed E-state index contributed by atoms with van der Waals surface area (Å²) in [4.78, 5) is 39.9. The second-order valence-corrected chi connectivity index (χ2v) is 9.12. The van der Waals surface area contributed by atoms with Crippen molar-refractivity contribution < 1.29 is 23.9 Å². The number of carbonyl (C=O) groups excluding carboxylic acids is 3. The van der Waals surface area contributed by atoms with Crippen molar-refractivity contribution in [2.45, 2.75) is 24.9 Å². The standard InChI is InChI=1S/C25H23BrN2O5/c1-25(32)14-17(29)20(23(30)27-15-8-4-2-5-9-15)21(18-12-13-19(26)33-18)22(25)24(31)28-16-10-6-3-7-11-16/h2-13,20-22,32H,14H2,1H3,(H,27,30)(H,28,31). The summed E-state index contributed by atoms with van der Waals surface area (Å²) in [6, 6.07) is 20.8. The summed E-state index contributed by atoms with van der Waals surface area (Å²) >= 11 is 3.25. The molecule has 2 aromatic carbocycles. The summed E-state index contributed by atoms with van der Waals surface area (Å²) < 4.78 is 6.11. The number of benzene rings is 2. The van der Waals surface area contributed by atoms with Crippen molar-refractivity contribution in [1.82, 2.24) is 0 Å². The predicted molar refractivity (Wildman–Crippen MR) is 127 cm³/mol. The number of aliphatic hydroxyl groups is 1. The van der Waals surface area contributed by atoms with Gasteiger partial charge in [0.05, 0.1) is 17.4 Å². The minimum atomic E-state index is -1.69. The third-order valence-corrected chi connectivity index (χ3v) is 6.26. The second-order valence-electron chi connectivity index (χ2n) is 8.33. The van der Waals surface area contributed by atoms with E-state index < -0.39 is 41.0 Å². The van der Waals surface area contributed by atoms with Gasteiger partial charge in [-0.25, -0.2) is 0 Å². The van der Waals surface area contributed by atoms with Crippen LogP contribution in [0.25, 0.3) is 0 Å². The van der Waals surface area contributed by atoms with Gasteiger partial charge in [0.2, 0.25) is 11.8 Å². The van der Waals surface area contributed by atoms with Crippen LogP contribution in [0.2, 0.25) is 0 Å². The lowest BCUT2D eigenvalue weighted by Crippen LogP contribution is -2.56. The first-order valence-electron chi connectivity index (χ1n) is 10.5. The van der Waals surface area contributed by atoms with Crippen LogP contribution in [0.4, 0.5) is 11.4 Å². The number of nitrogens with one attached hydrogen (secondary N) is 2. The van der Waals surface area contributed by atoms with Crippen LogP contribution in [0, 0.1) is 11.8 Å². The number of amides is 2. The van der Waals surface area contributed by atoms with Gasteiger partial charge in [0.15, 0.2) is 4.67 Å². The van der Waals surface area contributed by atoms with Crippen LogP contribution in [-0.2, 0) is 14.4 Å². The number of hydrogen-bond donors (Lipinski definition) is 3. The van der Waals surface area contributed by atoms with Gasteiger partial charge in [0.25, 0.3) is 0 Å². The Balaban J connectivity index is 1.74. The topological polar surface area (TPSA) is 109 Å². The lowest BCUT2D eigenvalue weighted by molar-refractivity contribution is -0.151. The Kier molecular flexibility index (Phi) is 6.49. The van der Waals surface area contributed by atoms with E-state index in [2.05, 4.69) is 26.6 Å². The number of halogens is 1. The monoisotopic (exact) mass is 510 g/mol. The van der Waals surface area contributed by atoms with E-state index in [1.54, 1.807) is 60.7 Å². The van der Waals surface area contributed by atoms with Crippen molar-refractivity contribution in [2.24, 2.45) is 11.8 Å². The van der Waals surface area contributed by atoms with E-state index in [0.29, 0.717) is 16.0 Å². The number of anilines is 2. The molecule has 0 bridgehead atoms. The first-order chi connectivity index (χ1) is 15.8. The van der Waals surface area contributed by atoms with Crippen molar-refractivity contribution in [3.63, 3.8) is 0 Å². The molecule has 8 heteroatoms. The number of Topliss-reactive ketones (excluding diaryl/α,β-unsaturated/α-hetero) is 1. The normalized spacial score (nSPS) is 24.8. The van der Waals surface area contributed by atoms with Crippen molar-refractivity contribution in [3.05, 3.63) is 83.2 Å². The zero-order valence-corrected chi connectivity index (χ0v) is 19.4. The fraction of sp³-hybridized carbons (Fsp3) is 0.240. The van der Waals surface area contributed by atoms with Crippen molar-refractivity contribution >= 4 is 44.9 Å². The third kappa shape index (κ3) is 4.91. The third-order valence-electron chi connectivity index (χ3n) is 5.84. The summed E-state index contributed by atoms with van der Waals surface area (Å²) in [5.41, 5.74) is -0.624. The van der Waals surface area contributed by atoms with Gasteiger partial charge in [0, 0.05) is 17.8 Å². The second kappa shape index (κ2) is 9.33. The number of carbonyl (C=O) groups is 3. The van der Waals surface area contributed by atoms with E-state index >= 15 is 0 Å². The van der Waals surface area contributed by atoms with E-state index in [1.807, 2.05) is 12.1 Å². The molecule has 3 aromatic rings. The molecule has 1 aliphatic carbocycles. The first-order valence-corrected chi connectivity index (χ1v) is 11.3. The quantitative estimate of drug-likeness (QED) is 0.442. The minimum Gasteiger partial charge on any atom is -0.454 e. The highest BCUT2D eigenvalue weighted by atomic mass is 79.9. The van der Waals surface area contributed by atoms with Crippen molar-refractivity contribution in [1.29, 1.82) is 0 Å². The van der Waals surface area contributed by atoms with E-state index in [9.17, 15) is 19.5 Å². The van der Waals surface area contributed by atoms with E-state index in [1.165, 1.54) is 6.92 Å². The smallest absolute Gasteiger partial charge is 0.235 e. The lowest BCUT2D eigenvalue weighted by atomic mass is 9.62. The first kappa shape index (κ1) is 22.9. The van der Waals surface area contributed by atoms with Crippen LogP contribution in [0.15, 0.2) is 81.9 Å². The van der Waals surface area contributed by atoms with Gasteiger partial charge in [-0.3, -0.25) is 14.4 Å². The summed E-state index contributed by atoms with van der Waals surface area (Å²) in [6.07, 6.45) is -0.342. The Morgan fingerprint density at radius 1 is 0.939 bits per heavy atom. The molecule has 4 rings (SSSR count). The van der Waals surface area contributed by atoms with Gasteiger partial charge in [-0.1, -0.05) is 36.4 Å². The van der Waals surface area contributed by atoms with Gasteiger partial charge < -0.3 is 20.2 Å². The van der Waals surface area contributed by atoms with Gasteiger partial charge in [0.1, 0.15) is 17.5 Å². The molecule has 0 saturated heterocycles. The molecule has 1 saturated carbocycles. The highest BCUT2D eigenvalue weighted by Crippen LogP contribution is 2.47. The zero-order valence-electron chi connectivity index (χ0n) is 17.8. The molecular weight excluding hydrogens is 488 g/mol. The molecular formula is C25H23BrN2O5. The SMILES string of the molecule is CC1(O)CC(=O)C(C(=O)Nc2ccccc2)C(c2ccc(Br)o2)C1C(=O)Nc1ccccc1. The maximum atomic E-state index is 13.4. The number of para-hydroxylation sites is 2. The number of ketones is 1. The fourth-order valence-electron chi connectivity index (χ4n) is 4.43. The highest BCUT2D eigenvalue weighted by Gasteiger charge is 2.57. The zero-order chi connectivity index (χ0) is 23.6. The molecule has 170 valence electrons. The molecule has 1 aromatic heterocycles. The predicted octanol–water partition coefficient (Wildman–Crippen LogP) is 4.36. The average molecular weight is 511 g/mol. The van der Waals surface area contributed by atoms with Crippen LogP contribution in [0.1, 0.15) is 25.0 Å². The van der Waals surface area contributed by atoms with Crippen LogP contribution >= 0.6 is 15.9 Å². The number of rotatable bonds is 5. The maximum Gasteiger partial charge on any atom is 0.235 e. The Morgan fingerprint density at radius 2 is 1.48 bits per heavy atom. The van der Waals surface area contributed by atoms with Crippen molar-refractivity contribution in [2.75, 3.05) is 10.6 Å². The molecule has 0 spiro atoms.